The molecule has 2 rings (SSSR count). The van der Waals surface area contributed by atoms with Crippen LogP contribution >= 0.6 is 11.6 Å². The maximum absolute atomic E-state index is 11.9. The van der Waals surface area contributed by atoms with Crippen molar-refractivity contribution in [3.63, 3.8) is 0 Å². The Morgan fingerprint density at radius 1 is 1.04 bits per heavy atom. The topological polar surface area (TPSA) is 79.5 Å². The van der Waals surface area contributed by atoms with Crippen LogP contribution in [0.15, 0.2) is 48.5 Å². The fourth-order valence-electron chi connectivity index (χ4n) is 2.09. The monoisotopic (exact) mass is 375 g/mol. The summed E-state index contributed by atoms with van der Waals surface area (Å²) in [6.45, 7) is 4.48. The number of rotatable bonds is 7. The molecule has 0 bridgehead atoms. The predicted octanol–water partition coefficient (Wildman–Crippen LogP) is 3.68. The van der Waals surface area contributed by atoms with Gasteiger partial charge in [0, 0.05) is 22.3 Å². The molecule has 0 aliphatic heterocycles. The molecule has 138 valence electrons. The van der Waals surface area contributed by atoms with Crippen LogP contribution in [0.5, 0.6) is 5.75 Å². The molecule has 6 nitrogen and oxygen atoms in total. The highest BCUT2D eigenvalue weighted by atomic mass is 35.5. The minimum atomic E-state index is -0.343. The zero-order valence-corrected chi connectivity index (χ0v) is 15.5. The van der Waals surface area contributed by atoms with E-state index in [-0.39, 0.29) is 18.0 Å². The van der Waals surface area contributed by atoms with Gasteiger partial charge in [-0.25, -0.2) is 4.79 Å². The largest absolute Gasteiger partial charge is 0.492 e. The van der Waals surface area contributed by atoms with E-state index in [4.69, 9.17) is 16.3 Å². The summed E-state index contributed by atoms with van der Waals surface area (Å²) in [5.41, 5.74) is 1.14. The normalized spacial score (nSPS) is 10.3. The van der Waals surface area contributed by atoms with E-state index in [9.17, 15) is 9.59 Å². The summed E-state index contributed by atoms with van der Waals surface area (Å²) in [6.07, 6.45) is 0. The van der Waals surface area contributed by atoms with Crippen molar-refractivity contribution in [3.8, 4) is 5.75 Å². The van der Waals surface area contributed by atoms with Crippen LogP contribution in [0.3, 0.4) is 0 Å². The average Bonchev–Trinajstić information content (AvgIpc) is 2.60. The Morgan fingerprint density at radius 2 is 1.69 bits per heavy atom. The van der Waals surface area contributed by atoms with Crippen LogP contribution in [0.2, 0.25) is 5.02 Å². The number of anilines is 1. The van der Waals surface area contributed by atoms with Crippen LogP contribution in [-0.4, -0.2) is 31.1 Å². The number of carbonyl (C=O) groups excluding carboxylic acids is 2. The fraction of sp³-hybridized carbons (Fsp3) is 0.263. The number of amides is 3. The molecule has 0 heterocycles. The first-order valence-electron chi connectivity index (χ1n) is 8.28. The smallest absolute Gasteiger partial charge is 0.319 e. The van der Waals surface area contributed by atoms with Crippen molar-refractivity contribution in [2.75, 3.05) is 18.5 Å². The first kappa shape index (κ1) is 19.6. The number of halogens is 1. The maximum atomic E-state index is 11.9. The molecule has 3 N–H and O–H groups in total. The number of hydrogen-bond donors (Lipinski definition) is 3. The van der Waals surface area contributed by atoms with E-state index < -0.39 is 0 Å². The minimum Gasteiger partial charge on any atom is -0.492 e. The van der Waals surface area contributed by atoms with Crippen LogP contribution < -0.4 is 20.7 Å². The molecule has 0 radical (unpaired) electrons. The number of urea groups is 1. The molecule has 3 amide bonds. The molecule has 0 aliphatic carbocycles. The second-order valence-electron chi connectivity index (χ2n) is 5.89. The summed E-state index contributed by atoms with van der Waals surface area (Å²) in [5, 5.41) is 8.85. The Morgan fingerprint density at radius 3 is 2.31 bits per heavy atom. The van der Waals surface area contributed by atoms with E-state index in [0.717, 1.165) is 0 Å². The molecular weight excluding hydrogens is 354 g/mol. The molecule has 0 saturated heterocycles. The lowest BCUT2D eigenvalue weighted by molar-refractivity contribution is 0.0943. The summed E-state index contributed by atoms with van der Waals surface area (Å²) >= 11 is 5.80. The molecule has 0 aromatic heterocycles. The summed E-state index contributed by atoms with van der Waals surface area (Å²) in [7, 11) is 0. The van der Waals surface area contributed by atoms with Crippen molar-refractivity contribution in [1.29, 1.82) is 0 Å². The van der Waals surface area contributed by atoms with Gasteiger partial charge in [-0.3, -0.25) is 4.79 Å². The van der Waals surface area contributed by atoms with Gasteiger partial charge < -0.3 is 20.7 Å². The lowest BCUT2D eigenvalue weighted by Crippen LogP contribution is -2.32. The van der Waals surface area contributed by atoms with Crippen LogP contribution in [-0.2, 0) is 0 Å². The van der Waals surface area contributed by atoms with Crippen molar-refractivity contribution < 1.29 is 14.3 Å². The number of carbonyl (C=O) groups is 2. The van der Waals surface area contributed by atoms with Gasteiger partial charge in [0.05, 0.1) is 6.54 Å². The highest BCUT2D eigenvalue weighted by Gasteiger charge is 2.07. The van der Waals surface area contributed by atoms with Gasteiger partial charge in [-0.1, -0.05) is 11.6 Å². The van der Waals surface area contributed by atoms with Crippen LogP contribution in [0.1, 0.15) is 24.2 Å². The fourth-order valence-corrected chi connectivity index (χ4v) is 2.22. The third kappa shape index (κ3) is 6.64. The first-order chi connectivity index (χ1) is 12.4. The highest BCUT2D eigenvalue weighted by molar-refractivity contribution is 6.30. The summed E-state index contributed by atoms with van der Waals surface area (Å²) < 4.78 is 5.49. The van der Waals surface area contributed by atoms with E-state index in [1.165, 1.54) is 0 Å². The molecule has 0 unspecified atom stereocenters. The molecule has 0 spiro atoms. The molecular formula is C19H22ClN3O3. The van der Waals surface area contributed by atoms with Gasteiger partial charge in [0.1, 0.15) is 12.4 Å². The van der Waals surface area contributed by atoms with E-state index in [2.05, 4.69) is 16.0 Å². The number of benzene rings is 2. The highest BCUT2D eigenvalue weighted by Crippen LogP contribution is 2.15. The Kier molecular flexibility index (Phi) is 7.29. The van der Waals surface area contributed by atoms with E-state index >= 15 is 0 Å². The minimum absolute atomic E-state index is 0.0705. The van der Waals surface area contributed by atoms with Gasteiger partial charge >= 0.3 is 6.03 Å². The third-order valence-corrected chi connectivity index (χ3v) is 3.55. The van der Waals surface area contributed by atoms with Gasteiger partial charge in [0.15, 0.2) is 0 Å². The lowest BCUT2D eigenvalue weighted by atomic mass is 10.2. The molecule has 2 aromatic rings. The van der Waals surface area contributed by atoms with Gasteiger partial charge in [-0.05, 0) is 62.4 Å². The number of ether oxygens (including phenoxy) is 1. The number of nitrogens with one attached hydrogen (secondary N) is 3. The van der Waals surface area contributed by atoms with Gasteiger partial charge in [0.25, 0.3) is 5.91 Å². The van der Waals surface area contributed by atoms with Crippen molar-refractivity contribution in [3.05, 3.63) is 59.1 Å². The molecule has 0 saturated carbocycles. The van der Waals surface area contributed by atoms with Gasteiger partial charge in [-0.15, -0.1) is 0 Å². The van der Waals surface area contributed by atoms with Gasteiger partial charge in [-0.2, -0.15) is 0 Å². The molecule has 2 aromatic carbocycles. The molecule has 26 heavy (non-hydrogen) atoms. The van der Waals surface area contributed by atoms with E-state index in [1.54, 1.807) is 48.5 Å². The van der Waals surface area contributed by atoms with Crippen molar-refractivity contribution >= 4 is 29.2 Å². The summed E-state index contributed by atoms with van der Waals surface area (Å²) in [6, 6.07) is 13.4. The molecule has 0 fully saturated rings. The zero-order valence-electron chi connectivity index (χ0n) is 14.7. The van der Waals surface area contributed by atoms with E-state index in [1.807, 2.05) is 13.8 Å². The van der Waals surface area contributed by atoms with Gasteiger partial charge in [0.2, 0.25) is 0 Å². The number of hydrogen-bond acceptors (Lipinski definition) is 3. The second kappa shape index (κ2) is 9.68. The van der Waals surface area contributed by atoms with Crippen molar-refractivity contribution in [1.82, 2.24) is 10.6 Å². The zero-order chi connectivity index (χ0) is 18.9. The standard InChI is InChI=1S/C19H22ClN3O3/c1-13(2)22-18(24)14-3-7-16(8-4-14)23-19(25)21-11-12-26-17-9-5-15(20)6-10-17/h3-10,13H,11-12H2,1-2H3,(H,22,24)(H2,21,23,25). The first-order valence-corrected chi connectivity index (χ1v) is 8.66. The summed E-state index contributed by atoms with van der Waals surface area (Å²) in [4.78, 5) is 23.7. The Labute approximate surface area is 157 Å². The van der Waals surface area contributed by atoms with Crippen LogP contribution in [0.25, 0.3) is 0 Å². The molecule has 0 aliphatic rings. The lowest BCUT2D eigenvalue weighted by Gasteiger charge is -2.10. The molecule has 7 heteroatoms. The Hall–Kier alpha value is -2.73. The van der Waals surface area contributed by atoms with Crippen molar-refractivity contribution in [2.24, 2.45) is 0 Å². The van der Waals surface area contributed by atoms with Crippen LogP contribution in [0, 0.1) is 0 Å². The van der Waals surface area contributed by atoms with E-state index in [0.29, 0.717) is 35.2 Å². The molecule has 0 atom stereocenters. The second-order valence-corrected chi connectivity index (χ2v) is 6.33. The third-order valence-electron chi connectivity index (χ3n) is 3.29. The Bertz CT molecular complexity index is 731. The average molecular weight is 376 g/mol. The van der Waals surface area contributed by atoms with Crippen LogP contribution in [0.4, 0.5) is 10.5 Å². The predicted molar refractivity (Wildman–Crippen MR) is 103 cm³/mol. The van der Waals surface area contributed by atoms with Crippen molar-refractivity contribution in [2.45, 2.75) is 19.9 Å². The SMILES string of the molecule is CC(C)NC(=O)c1ccc(NC(=O)NCCOc2ccc(Cl)cc2)cc1. The summed E-state index contributed by atoms with van der Waals surface area (Å²) in [5.74, 6) is 0.544. The quantitative estimate of drug-likeness (QED) is 0.646. The maximum Gasteiger partial charge on any atom is 0.319 e. The Balaban J connectivity index is 1.72.